The minimum absolute atomic E-state index is 0.0620. The Morgan fingerprint density at radius 1 is 1.13 bits per heavy atom. The maximum atomic E-state index is 12.9. The van der Waals surface area contributed by atoms with Crippen LogP contribution in [-0.4, -0.2) is 94.2 Å². The van der Waals surface area contributed by atoms with Crippen LogP contribution in [0.2, 0.25) is 0 Å². The van der Waals surface area contributed by atoms with Crippen LogP contribution in [0, 0.1) is 0 Å². The Bertz CT molecular complexity index is 778. The second kappa shape index (κ2) is 9.54. The summed E-state index contributed by atoms with van der Waals surface area (Å²) in [6.07, 6.45) is 3.14. The van der Waals surface area contributed by atoms with Gasteiger partial charge in [-0.1, -0.05) is 12.1 Å². The van der Waals surface area contributed by atoms with E-state index >= 15 is 0 Å². The Kier molecular flexibility index (Phi) is 6.79. The van der Waals surface area contributed by atoms with Crippen molar-refractivity contribution in [2.45, 2.75) is 62.9 Å². The molecule has 1 aromatic carbocycles. The van der Waals surface area contributed by atoms with Gasteiger partial charge in [-0.25, -0.2) is 0 Å². The molecule has 8 nitrogen and oxygen atoms in total. The number of phenolic OH excluding ortho intramolecular Hbond substituents is 1. The van der Waals surface area contributed by atoms with Crippen molar-refractivity contribution in [1.29, 1.82) is 0 Å². The fraction of sp³-hybridized carbons (Fsp3) is 0.652. The van der Waals surface area contributed by atoms with Crippen LogP contribution in [0.1, 0.15) is 37.7 Å². The number of rotatable bonds is 5. The first-order valence-electron chi connectivity index (χ1n) is 11.4. The Balaban J connectivity index is 1.35. The number of likely N-dealkylation sites (N-methyl/N-ethyl adjacent to an activating group) is 1. The van der Waals surface area contributed by atoms with Gasteiger partial charge in [-0.15, -0.1) is 0 Å². The molecule has 4 rings (SSSR count). The van der Waals surface area contributed by atoms with E-state index in [0.717, 1.165) is 24.9 Å². The molecular formula is C23H34N4O4. The number of aliphatic hydroxyl groups is 1. The lowest BCUT2D eigenvalue weighted by atomic mass is 10.0. The number of carbonyl (C=O) groups is 2. The summed E-state index contributed by atoms with van der Waals surface area (Å²) in [6, 6.07) is 7.21. The van der Waals surface area contributed by atoms with Gasteiger partial charge in [-0.3, -0.25) is 19.4 Å². The molecule has 3 saturated heterocycles. The molecule has 0 aromatic heterocycles. The number of likely N-dealkylation sites (tertiary alicyclic amines) is 2. The molecule has 0 unspecified atom stereocenters. The maximum absolute atomic E-state index is 12.9. The van der Waals surface area contributed by atoms with E-state index in [1.807, 2.05) is 17.0 Å². The SMILES string of the molecule is CN1[C@@H](CCC(=O)N2CCC(O)CC2)CNC(=O)[C@@H]2[C@H]1CCN2Cc1ccc(O)cc1. The van der Waals surface area contributed by atoms with Gasteiger partial charge in [-0.2, -0.15) is 0 Å². The lowest BCUT2D eigenvalue weighted by Crippen LogP contribution is -2.49. The summed E-state index contributed by atoms with van der Waals surface area (Å²) < 4.78 is 0. The largest absolute Gasteiger partial charge is 0.508 e. The van der Waals surface area contributed by atoms with E-state index in [9.17, 15) is 19.8 Å². The van der Waals surface area contributed by atoms with Gasteiger partial charge in [0, 0.05) is 51.2 Å². The van der Waals surface area contributed by atoms with E-state index in [2.05, 4.69) is 22.2 Å². The summed E-state index contributed by atoms with van der Waals surface area (Å²) in [6.45, 7) is 3.34. The predicted octanol–water partition coefficient (Wildman–Crippen LogP) is 0.529. The Hall–Kier alpha value is -2.16. The summed E-state index contributed by atoms with van der Waals surface area (Å²) in [7, 11) is 2.08. The number of nitrogens with zero attached hydrogens (tertiary/aromatic N) is 3. The number of hydrogen-bond acceptors (Lipinski definition) is 6. The quantitative estimate of drug-likeness (QED) is 0.631. The fourth-order valence-corrected chi connectivity index (χ4v) is 5.23. The zero-order chi connectivity index (χ0) is 22.0. The van der Waals surface area contributed by atoms with Crippen molar-refractivity contribution in [3.63, 3.8) is 0 Å². The topological polar surface area (TPSA) is 96.3 Å². The van der Waals surface area contributed by atoms with Crippen LogP contribution in [0.4, 0.5) is 0 Å². The number of phenols is 1. The molecule has 3 aliphatic heterocycles. The molecule has 170 valence electrons. The lowest BCUT2D eigenvalue weighted by Gasteiger charge is -2.34. The van der Waals surface area contributed by atoms with Crippen molar-refractivity contribution in [1.82, 2.24) is 20.0 Å². The van der Waals surface area contributed by atoms with Gasteiger partial charge in [0.15, 0.2) is 0 Å². The lowest BCUT2D eigenvalue weighted by molar-refractivity contribution is -0.133. The number of carbonyl (C=O) groups excluding carboxylic acids is 2. The monoisotopic (exact) mass is 430 g/mol. The molecule has 8 heteroatoms. The third kappa shape index (κ3) is 5.02. The summed E-state index contributed by atoms with van der Waals surface area (Å²) in [5.74, 6) is 0.452. The van der Waals surface area contributed by atoms with E-state index in [-0.39, 0.29) is 41.8 Å². The zero-order valence-electron chi connectivity index (χ0n) is 18.2. The predicted molar refractivity (Wildman–Crippen MR) is 116 cm³/mol. The highest BCUT2D eigenvalue weighted by Crippen LogP contribution is 2.29. The van der Waals surface area contributed by atoms with Crippen LogP contribution in [-0.2, 0) is 16.1 Å². The summed E-state index contributed by atoms with van der Waals surface area (Å²) in [5, 5.41) is 22.3. The molecule has 0 bridgehead atoms. The van der Waals surface area contributed by atoms with Gasteiger partial charge in [-0.05, 0) is 50.4 Å². The molecular weight excluding hydrogens is 396 g/mol. The molecule has 3 N–H and O–H groups in total. The van der Waals surface area contributed by atoms with E-state index in [4.69, 9.17) is 0 Å². The number of hydrogen-bond donors (Lipinski definition) is 3. The number of piperidine rings is 1. The first-order valence-corrected chi connectivity index (χ1v) is 11.4. The Morgan fingerprint density at radius 3 is 2.55 bits per heavy atom. The molecule has 0 saturated carbocycles. The third-order valence-electron chi connectivity index (χ3n) is 7.18. The first kappa shape index (κ1) is 22.0. The molecule has 3 aliphatic rings. The smallest absolute Gasteiger partial charge is 0.239 e. The summed E-state index contributed by atoms with van der Waals surface area (Å²) in [5.41, 5.74) is 1.08. The van der Waals surface area contributed by atoms with Crippen LogP contribution < -0.4 is 5.32 Å². The van der Waals surface area contributed by atoms with Gasteiger partial charge >= 0.3 is 0 Å². The van der Waals surface area contributed by atoms with Crippen LogP contribution in [0.3, 0.4) is 0 Å². The standard InChI is InChI=1S/C23H34N4O4/c1-25-17(4-7-21(30)26-11-8-19(29)9-12-26)14-24-23(31)22-20(25)10-13-27(22)15-16-2-5-18(28)6-3-16/h2-3,5-6,17,19-20,22,28-29H,4,7-15H2,1H3,(H,24,31)/t17-,20+,22-/m0/s1. The number of aromatic hydroxyl groups is 1. The number of fused-ring (bicyclic) bond motifs is 1. The highest BCUT2D eigenvalue weighted by molar-refractivity contribution is 5.83. The molecule has 3 heterocycles. The second-order valence-electron chi connectivity index (χ2n) is 9.15. The van der Waals surface area contributed by atoms with Crippen LogP contribution in [0.25, 0.3) is 0 Å². The summed E-state index contributed by atoms with van der Waals surface area (Å²) in [4.78, 5) is 31.9. The zero-order valence-corrected chi connectivity index (χ0v) is 18.2. The van der Waals surface area contributed by atoms with Gasteiger partial charge < -0.3 is 20.4 Å². The minimum atomic E-state index is -0.281. The molecule has 0 radical (unpaired) electrons. The normalized spacial score (nSPS) is 28.3. The molecule has 3 fully saturated rings. The number of aliphatic hydroxyl groups excluding tert-OH is 1. The second-order valence-corrected chi connectivity index (χ2v) is 9.15. The highest BCUT2D eigenvalue weighted by Gasteiger charge is 2.45. The van der Waals surface area contributed by atoms with Crippen molar-refractivity contribution < 1.29 is 19.8 Å². The average molecular weight is 431 g/mol. The first-order chi connectivity index (χ1) is 14.9. The maximum Gasteiger partial charge on any atom is 0.239 e. The molecule has 0 spiro atoms. The average Bonchev–Trinajstić information content (AvgIpc) is 3.13. The van der Waals surface area contributed by atoms with Gasteiger partial charge in [0.05, 0.1) is 6.10 Å². The molecule has 3 atom stereocenters. The Labute approximate surface area is 183 Å². The number of benzene rings is 1. The van der Waals surface area contributed by atoms with E-state index in [1.165, 1.54) is 0 Å². The molecule has 1 aromatic rings. The molecule has 0 aliphatic carbocycles. The molecule has 2 amide bonds. The minimum Gasteiger partial charge on any atom is -0.508 e. The molecule has 31 heavy (non-hydrogen) atoms. The van der Waals surface area contributed by atoms with Crippen molar-refractivity contribution >= 4 is 11.8 Å². The van der Waals surface area contributed by atoms with Crippen molar-refractivity contribution in [3.05, 3.63) is 29.8 Å². The van der Waals surface area contributed by atoms with Crippen molar-refractivity contribution in [2.24, 2.45) is 0 Å². The number of amides is 2. The van der Waals surface area contributed by atoms with Crippen molar-refractivity contribution in [3.8, 4) is 5.75 Å². The van der Waals surface area contributed by atoms with E-state index in [1.54, 1.807) is 12.1 Å². The fourth-order valence-electron chi connectivity index (χ4n) is 5.23. The third-order valence-corrected chi connectivity index (χ3v) is 7.18. The highest BCUT2D eigenvalue weighted by atomic mass is 16.3. The van der Waals surface area contributed by atoms with Gasteiger partial charge in [0.25, 0.3) is 0 Å². The van der Waals surface area contributed by atoms with Crippen LogP contribution >= 0.6 is 0 Å². The van der Waals surface area contributed by atoms with Crippen LogP contribution in [0.15, 0.2) is 24.3 Å². The van der Waals surface area contributed by atoms with Gasteiger partial charge in [0.1, 0.15) is 11.8 Å². The summed E-state index contributed by atoms with van der Waals surface area (Å²) >= 11 is 0. The van der Waals surface area contributed by atoms with E-state index < -0.39 is 0 Å². The van der Waals surface area contributed by atoms with Gasteiger partial charge in [0.2, 0.25) is 11.8 Å². The number of nitrogens with one attached hydrogen (secondary N) is 1. The Morgan fingerprint density at radius 2 is 1.84 bits per heavy atom. The van der Waals surface area contributed by atoms with E-state index in [0.29, 0.717) is 45.4 Å². The van der Waals surface area contributed by atoms with Crippen LogP contribution in [0.5, 0.6) is 5.75 Å². The van der Waals surface area contributed by atoms with Crippen molar-refractivity contribution in [2.75, 3.05) is 33.2 Å².